The molecule has 1 amide bonds. The molecule has 0 atom stereocenters. The van der Waals surface area contributed by atoms with Crippen LogP contribution in [-0.2, 0) is 6.54 Å². The molecule has 0 aliphatic carbocycles. The first-order valence-electron chi connectivity index (χ1n) is 8.42. The predicted molar refractivity (Wildman–Crippen MR) is 110 cm³/mol. The van der Waals surface area contributed by atoms with Crippen molar-refractivity contribution < 1.29 is 4.79 Å². The predicted octanol–water partition coefficient (Wildman–Crippen LogP) is 4.55. The number of aromatic nitrogens is 4. The number of amides is 1. The Balaban J connectivity index is 1.52. The molecule has 4 rings (SSSR count). The maximum Gasteiger partial charge on any atom is 0.257 e. The summed E-state index contributed by atoms with van der Waals surface area (Å²) >= 11 is 3.11. The SMILES string of the molecule is CCn1nnc2cc(C(=O)Nc3nc(-c4ccc(SC)cc4)cs3)ccc21. The quantitative estimate of drug-likeness (QED) is 0.502. The van der Waals surface area contributed by atoms with Gasteiger partial charge in [0.25, 0.3) is 5.91 Å². The van der Waals surface area contributed by atoms with E-state index in [4.69, 9.17) is 0 Å². The van der Waals surface area contributed by atoms with E-state index in [0.29, 0.717) is 16.2 Å². The number of fused-ring (bicyclic) bond motifs is 1. The van der Waals surface area contributed by atoms with Crippen molar-refractivity contribution in [3.8, 4) is 11.3 Å². The Hall–Kier alpha value is -2.71. The van der Waals surface area contributed by atoms with Gasteiger partial charge in [-0.2, -0.15) is 0 Å². The summed E-state index contributed by atoms with van der Waals surface area (Å²) in [7, 11) is 0. The lowest BCUT2D eigenvalue weighted by Crippen LogP contribution is -2.11. The number of nitrogens with zero attached hydrogens (tertiary/aromatic N) is 4. The Morgan fingerprint density at radius 3 is 2.78 bits per heavy atom. The molecule has 2 heterocycles. The van der Waals surface area contributed by atoms with Crippen LogP contribution in [0.25, 0.3) is 22.3 Å². The van der Waals surface area contributed by atoms with Crippen LogP contribution < -0.4 is 5.32 Å². The largest absolute Gasteiger partial charge is 0.298 e. The fourth-order valence-electron chi connectivity index (χ4n) is 2.74. The molecular weight excluding hydrogens is 378 g/mol. The highest BCUT2D eigenvalue weighted by molar-refractivity contribution is 7.98. The van der Waals surface area contributed by atoms with Crippen LogP contribution in [0.3, 0.4) is 0 Å². The molecule has 0 radical (unpaired) electrons. The molecule has 0 spiro atoms. The van der Waals surface area contributed by atoms with Crippen LogP contribution in [0, 0.1) is 0 Å². The van der Waals surface area contributed by atoms with E-state index in [0.717, 1.165) is 23.3 Å². The van der Waals surface area contributed by atoms with Crippen molar-refractivity contribution in [1.82, 2.24) is 20.0 Å². The first-order valence-corrected chi connectivity index (χ1v) is 10.5. The molecule has 8 heteroatoms. The maximum absolute atomic E-state index is 12.6. The number of hydrogen-bond acceptors (Lipinski definition) is 6. The highest BCUT2D eigenvalue weighted by Gasteiger charge is 2.12. The number of thiazole rings is 1. The van der Waals surface area contributed by atoms with Crippen molar-refractivity contribution in [3.05, 3.63) is 53.4 Å². The molecule has 0 aliphatic rings. The molecule has 0 saturated heterocycles. The third-order valence-electron chi connectivity index (χ3n) is 4.19. The first-order chi connectivity index (χ1) is 13.2. The molecule has 0 bridgehead atoms. The van der Waals surface area contributed by atoms with Gasteiger partial charge in [-0.15, -0.1) is 28.2 Å². The molecule has 4 aromatic rings. The fraction of sp³-hybridized carbons (Fsp3) is 0.158. The maximum atomic E-state index is 12.6. The minimum absolute atomic E-state index is 0.207. The van der Waals surface area contributed by atoms with Crippen molar-refractivity contribution in [3.63, 3.8) is 0 Å². The van der Waals surface area contributed by atoms with Crippen molar-refractivity contribution >= 4 is 45.2 Å². The summed E-state index contributed by atoms with van der Waals surface area (Å²) < 4.78 is 1.80. The van der Waals surface area contributed by atoms with Crippen LogP contribution in [-0.4, -0.2) is 32.1 Å². The molecule has 27 heavy (non-hydrogen) atoms. The van der Waals surface area contributed by atoms with Gasteiger partial charge in [-0.1, -0.05) is 17.3 Å². The summed E-state index contributed by atoms with van der Waals surface area (Å²) in [6.07, 6.45) is 2.05. The molecule has 2 aromatic carbocycles. The molecule has 0 unspecified atom stereocenters. The number of carbonyl (C=O) groups is 1. The van der Waals surface area contributed by atoms with E-state index < -0.39 is 0 Å². The van der Waals surface area contributed by atoms with E-state index in [2.05, 4.69) is 32.7 Å². The Morgan fingerprint density at radius 1 is 1.22 bits per heavy atom. The van der Waals surface area contributed by atoms with E-state index >= 15 is 0 Å². The summed E-state index contributed by atoms with van der Waals surface area (Å²) in [6.45, 7) is 2.74. The smallest absolute Gasteiger partial charge is 0.257 e. The van der Waals surface area contributed by atoms with E-state index in [9.17, 15) is 4.79 Å². The highest BCUT2D eigenvalue weighted by Crippen LogP contribution is 2.27. The summed E-state index contributed by atoms with van der Waals surface area (Å²) in [5, 5.41) is 13.6. The third-order valence-corrected chi connectivity index (χ3v) is 5.69. The van der Waals surface area contributed by atoms with Crippen molar-refractivity contribution in [2.24, 2.45) is 0 Å². The lowest BCUT2D eigenvalue weighted by molar-refractivity contribution is 0.102. The van der Waals surface area contributed by atoms with Gasteiger partial charge < -0.3 is 0 Å². The van der Waals surface area contributed by atoms with Crippen molar-refractivity contribution in [2.75, 3.05) is 11.6 Å². The topological polar surface area (TPSA) is 72.7 Å². The number of carbonyl (C=O) groups excluding carboxylic acids is 1. The van der Waals surface area contributed by atoms with Gasteiger partial charge in [0.1, 0.15) is 5.52 Å². The van der Waals surface area contributed by atoms with E-state index in [1.54, 1.807) is 28.6 Å². The second-order valence-corrected chi connectivity index (χ2v) is 7.57. The summed E-state index contributed by atoms with van der Waals surface area (Å²) in [6, 6.07) is 13.6. The van der Waals surface area contributed by atoms with Gasteiger partial charge in [0.2, 0.25) is 0 Å². The zero-order valence-corrected chi connectivity index (χ0v) is 16.5. The lowest BCUT2D eigenvalue weighted by atomic mass is 10.2. The zero-order valence-electron chi connectivity index (χ0n) is 14.8. The van der Waals surface area contributed by atoms with Crippen LogP contribution in [0.2, 0.25) is 0 Å². The van der Waals surface area contributed by atoms with Gasteiger partial charge in [-0.3, -0.25) is 10.1 Å². The molecule has 136 valence electrons. The van der Waals surface area contributed by atoms with Crippen LogP contribution in [0.1, 0.15) is 17.3 Å². The highest BCUT2D eigenvalue weighted by atomic mass is 32.2. The number of nitrogens with one attached hydrogen (secondary N) is 1. The van der Waals surface area contributed by atoms with Gasteiger partial charge >= 0.3 is 0 Å². The molecule has 0 saturated carbocycles. The molecule has 0 aliphatic heterocycles. The van der Waals surface area contributed by atoms with Gasteiger partial charge in [0.15, 0.2) is 5.13 Å². The Kier molecular flexibility index (Phi) is 4.91. The Labute approximate surface area is 164 Å². The van der Waals surface area contributed by atoms with Gasteiger partial charge in [0, 0.05) is 27.9 Å². The monoisotopic (exact) mass is 395 g/mol. The molecular formula is C19H17N5OS2. The van der Waals surface area contributed by atoms with E-state index in [-0.39, 0.29) is 5.91 Å². The molecule has 2 aromatic heterocycles. The van der Waals surface area contributed by atoms with Crippen LogP contribution in [0.4, 0.5) is 5.13 Å². The van der Waals surface area contributed by atoms with E-state index in [1.165, 1.54) is 16.2 Å². The van der Waals surface area contributed by atoms with Crippen LogP contribution in [0.15, 0.2) is 52.7 Å². The first kappa shape index (κ1) is 17.7. The lowest BCUT2D eigenvalue weighted by Gasteiger charge is -2.02. The number of benzene rings is 2. The zero-order chi connectivity index (χ0) is 18.8. The van der Waals surface area contributed by atoms with Gasteiger partial charge in [-0.25, -0.2) is 9.67 Å². The third kappa shape index (κ3) is 3.58. The average Bonchev–Trinajstić information content (AvgIpc) is 3.34. The standard InChI is InChI=1S/C19H17N5OS2/c1-3-24-17-9-6-13(10-15(17)22-23-24)18(25)21-19-20-16(11-27-19)12-4-7-14(26-2)8-5-12/h4-11H,3H2,1-2H3,(H,20,21,25). The number of hydrogen-bond donors (Lipinski definition) is 1. The molecule has 6 nitrogen and oxygen atoms in total. The number of aryl methyl sites for hydroxylation is 1. The number of thioether (sulfide) groups is 1. The molecule has 1 N–H and O–H groups in total. The summed E-state index contributed by atoms with van der Waals surface area (Å²) in [4.78, 5) is 18.3. The summed E-state index contributed by atoms with van der Waals surface area (Å²) in [5.41, 5.74) is 4.04. The van der Waals surface area contributed by atoms with Gasteiger partial charge in [0.05, 0.1) is 11.2 Å². The minimum atomic E-state index is -0.207. The number of rotatable bonds is 5. The van der Waals surface area contributed by atoms with E-state index in [1.807, 2.05) is 36.8 Å². The minimum Gasteiger partial charge on any atom is -0.298 e. The fourth-order valence-corrected chi connectivity index (χ4v) is 3.86. The molecule has 0 fully saturated rings. The van der Waals surface area contributed by atoms with Crippen molar-refractivity contribution in [2.45, 2.75) is 18.4 Å². The van der Waals surface area contributed by atoms with Crippen LogP contribution >= 0.6 is 23.1 Å². The average molecular weight is 396 g/mol. The summed E-state index contributed by atoms with van der Waals surface area (Å²) in [5.74, 6) is -0.207. The second kappa shape index (κ2) is 7.50. The normalized spacial score (nSPS) is 11.0. The Morgan fingerprint density at radius 2 is 2.04 bits per heavy atom. The van der Waals surface area contributed by atoms with Gasteiger partial charge in [-0.05, 0) is 43.5 Å². The number of anilines is 1. The van der Waals surface area contributed by atoms with Crippen LogP contribution in [0.5, 0.6) is 0 Å². The second-order valence-electron chi connectivity index (χ2n) is 5.83. The van der Waals surface area contributed by atoms with Crippen molar-refractivity contribution in [1.29, 1.82) is 0 Å². The Bertz CT molecular complexity index is 1100.